The van der Waals surface area contributed by atoms with E-state index >= 15 is 0 Å². The Morgan fingerprint density at radius 1 is 1.45 bits per heavy atom. The van der Waals surface area contributed by atoms with Gasteiger partial charge in [-0.1, -0.05) is 17.7 Å². The number of nitrogens with zero attached hydrogens (tertiary/aromatic N) is 1. The van der Waals surface area contributed by atoms with Gasteiger partial charge < -0.3 is 10.1 Å². The van der Waals surface area contributed by atoms with Gasteiger partial charge in [-0.3, -0.25) is 9.69 Å². The van der Waals surface area contributed by atoms with Gasteiger partial charge >= 0.3 is 0 Å². The normalized spacial score (nSPS) is 18.0. The average Bonchev–Trinajstić information content (AvgIpc) is 2.52. The Balaban J connectivity index is 1.90. The number of benzene rings is 1. The van der Waals surface area contributed by atoms with Crippen molar-refractivity contribution in [2.75, 3.05) is 26.7 Å². The molecule has 122 valence electrons. The third kappa shape index (κ3) is 4.37. The minimum Gasteiger partial charge on any atom is -0.495 e. The lowest BCUT2D eigenvalue weighted by molar-refractivity contribution is -0.119. The molecular weight excluding hydrogens is 300 g/mol. The van der Waals surface area contributed by atoms with Crippen molar-refractivity contribution < 1.29 is 9.53 Å². The van der Waals surface area contributed by atoms with Crippen LogP contribution < -0.4 is 10.1 Å². The molecule has 0 unspecified atom stereocenters. The summed E-state index contributed by atoms with van der Waals surface area (Å²) in [5.41, 5.74) is 1.21. The molecule has 1 aromatic carbocycles. The first kappa shape index (κ1) is 17.1. The molecule has 1 aromatic rings. The number of piperidine rings is 1. The number of methoxy groups -OCH3 is 1. The van der Waals surface area contributed by atoms with Crippen molar-refractivity contribution in [3.05, 3.63) is 28.8 Å². The molecule has 1 heterocycles. The van der Waals surface area contributed by atoms with Crippen molar-refractivity contribution in [1.82, 2.24) is 10.2 Å². The number of ether oxygens (including phenoxy) is 1. The van der Waals surface area contributed by atoms with Gasteiger partial charge in [0, 0.05) is 19.5 Å². The van der Waals surface area contributed by atoms with E-state index in [1.54, 1.807) is 14.0 Å². The third-order valence-corrected chi connectivity index (χ3v) is 4.79. The fourth-order valence-corrected chi connectivity index (χ4v) is 3.25. The molecule has 4 nitrogen and oxygen atoms in total. The molecule has 2 rings (SSSR count). The number of likely N-dealkylation sites (tertiary alicyclic amines) is 1. The van der Waals surface area contributed by atoms with Crippen LogP contribution in [0.15, 0.2) is 18.2 Å². The van der Waals surface area contributed by atoms with Crippen LogP contribution in [0.2, 0.25) is 5.02 Å². The lowest BCUT2D eigenvalue weighted by Crippen LogP contribution is -2.39. The maximum absolute atomic E-state index is 11.0. The van der Waals surface area contributed by atoms with E-state index in [0.29, 0.717) is 22.7 Å². The molecule has 1 N–H and O–H groups in total. The molecule has 1 saturated heterocycles. The van der Waals surface area contributed by atoms with E-state index in [1.807, 2.05) is 12.1 Å². The van der Waals surface area contributed by atoms with Gasteiger partial charge in [-0.15, -0.1) is 0 Å². The van der Waals surface area contributed by atoms with Crippen LogP contribution in [0.1, 0.15) is 38.3 Å². The van der Waals surface area contributed by atoms with Crippen LogP contribution in [0.25, 0.3) is 0 Å². The van der Waals surface area contributed by atoms with Crippen molar-refractivity contribution in [2.24, 2.45) is 5.92 Å². The van der Waals surface area contributed by atoms with Gasteiger partial charge in [0.25, 0.3) is 0 Å². The second-order valence-corrected chi connectivity index (χ2v) is 6.39. The standard InChI is InChI=1S/C17H25ClN2O2/c1-12(15-4-5-17(22-3)16(18)10-15)20-8-6-14(7-9-20)11-19-13(2)21/h4-5,10,12,14H,6-9,11H2,1-3H3,(H,19,21)/t12-/m0/s1. The van der Waals surface area contributed by atoms with Gasteiger partial charge in [0.2, 0.25) is 5.91 Å². The molecule has 1 aliphatic heterocycles. The molecule has 0 aromatic heterocycles. The zero-order valence-corrected chi connectivity index (χ0v) is 14.3. The van der Waals surface area contributed by atoms with E-state index in [9.17, 15) is 4.79 Å². The van der Waals surface area contributed by atoms with E-state index < -0.39 is 0 Å². The average molecular weight is 325 g/mol. The molecule has 0 saturated carbocycles. The minimum atomic E-state index is 0.0590. The molecule has 0 radical (unpaired) electrons. The predicted octanol–water partition coefficient (Wildman–Crippen LogP) is 3.26. The number of hydrogen-bond donors (Lipinski definition) is 1. The third-order valence-electron chi connectivity index (χ3n) is 4.49. The zero-order valence-electron chi connectivity index (χ0n) is 13.6. The van der Waals surface area contributed by atoms with E-state index in [-0.39, 0.29) is 5.91 Å². The molecule has 0 spiro atoms. The van der Waals surface area contributed by atoms with Gasteiger partial charge in [-0.05, 0) is 56.5 Å². The van der Waals surface area contributed by atoms with Gasteiger partial charge in [0.05, 0.1) is 12.1 Å². The number of nitrogens with one attached hydrogen (secondary N) is 1. The number of amides is 1. The van der Waals surface area contributed by atoms with Crippen molar-refractivity contribution >= 4 is 17.5 Å². The first-order valence-electron chi connectivity index (χ1n) is 7.83. The minimum absolute atomic E-state index is 0.0590. The van der Waals surface area contributed by atoms with Crippen molar-refractivity contribution in [3.63, 3.8) is 0 Å². The van der Waals surface area contributed by atoms with Crippen LogP contribution in [0, 0.1) is 5.92 Å². The van der Waals surface area contributed by atoms with Crippen molar-refractivity contribution in [3.8, 4) is 5.75 Å². The molecule has 1 atom stereocenters. The second-order valence-electron chi connectivity index (χ2n) is 5.99. The Labute approximate surface area is 137 Å². The number of rotatable bonds is 5. The highest BCUT2D eigenvalue weighted by Crippen LogP contribution is 2.31. The molecular formula is C17H25ClN2O2. The van der Waals surface area contributed by atoms with Crippen LogP contribution in [0.4, 0.5) is 0 Å². The highest BCUT2D eigenvalue weighted by atomic mass is 35.5. The first-order valence-corrected chi connectivity index (χ1v) is 8.21. The topological polar surface area (TPSA) is 41.6 Å². The summed E-state index contributed by atoms with van der Waals surface area (Å²) in [7, 11) is 1.63. The quantitative estimate of drug-likeness (QED) is 0.904. The van der Waals surface area contributed by atoms with Crippen LogP contribution in [0.3, 0.4) is 0 Å². The van der Waals surface area contributed by atoms with Gasteiger partial charge in [-0.25, -0.2) is 0 Å². The second kappa shape index (κ2) is 7.84. The fraction of sp³-hybridized carbons (Fsp3) is 0.588. The van der Waals surface area contributed by atoms with Gasteiger partial charge in [-0.2, -0.15) is 0 Å². The Bertz CT molecular complexity index is 513. The first-order chi connectivity index (χ1) is 10.5. The summed E-state index contributed by atoms with van der Waals surface area (Å²) >= 11 is 6.22. The molecule has 22 heavy (non-hydrogen) atoms. The molecule has 5 heteroatoms. The van der Waals surface area contributed by atoms with E-state index in [2.05, 4.69) is 23.2 Å². The lowest BCUT2D eigenvalue weighted by Gasteiger charge is -2.36. The van der Waals surface area contributed by atoms with Crippen molar-refractivity contribution in [1.29, 1.82) is 0 Å². The highest BCUT2D eigenvalue weighted by molar-refractivity contribution is 6.32. The number of carbonyl (C=O) groups excluding carboxylic acids is 1. The maximum atomic E-state index is 11.0. The van der Waals surface area contributed by atoms with Gasteiger partial charge in [0.15, 0.2) is 0 Å². The van der Waals surface area contributed by atoms with Crippen LogP contribution in [-0.4, -0.2) is 37.6 Å². The highest BCUT2D eigenvalue weighted by Gasteiger charge is 2.24. The van der Waals surface area contributed by atoms with E-state index in [0.717, 1.165) is 32.5 Å². The Hall–Kier alpha value is -1.26. The van der Waals surface area contributed by atoms with Crippen molar-refractivity contribution in [2.45, 2.75) is 32.7 Å². The monoisotopic (exact) mass is 324 g/mol. The largest absolute Gasteiger partial charge is 0.495 e. The van der Waals surface area contributed by atoms with Crippen LogP contribution in [-0.2, 0) is 4.79 Å². The molecule has 0 bridgehead atoms. The summed E-state index contributed by atoms with van der Waals surface area (Å²) in [5, 5.41) is 3.58. The molecule has 1 aliphatic rings. The summed E-state index contributed by atoms with van der Waals surface area (Å²) in [4.78, 5) is 13.5. The SMILES string of the molecule is COc1ccc([C@H](C)N2CCC(CNC(C)=O)CC2)cc1Cl. The number of halogens is 1. The number of hydrogen-bond acceptors (Lipinski definition) is 3. The van der Waals surface area contributed by atoms with Crippen LogP contribution in [0.5, 0.6) is 5.75 Å². The Kier molecular flexibility index (Phi) is 6.09. The Morgan fingerprint density at radius 3 is 2.68 bits per heavy atom. The smallest absolute Gasteiger partial charge is 0.216 e. The van der Waals surface area contributed by atoms with Crippen LogP contribution >= 0.6 is 11.6 Å². The lowest BCUT2D eigenvalue weighted by atomic mass is 9.94. The summed E-state index contributed by atoms with van der Waals surface area (Å²) in [5.74, 6) is 1.36. The maximum Gasteiger partial charge on any atom is 0.216 e. The summed E-state index contributed by atoms with van der Waals surface area (Å²) in [6.07, 6.45) is 2.24. The fourth-order valence-electron chi connectivity index (χ4n) is 2.99. The zero-order chi connectivity index (χ0) is 16.1. The molecule has 1 amide bonds. The predicted molar refractivity (Wildman–Crippen MR) is 89.4 cm³/mol. The molecule has 1 fully saturated rings. The van der Waals surface area contributed by atoms with E-state index in [1.165, 1.54) is 5.56 Å². The van der Waals surface area contributed by atoms with Gasteiger partial charge in [0.1, 0.15) is 5.75 Å². The van der Waals surface area contributed by atoms with E-state index in [4.69, 9.17) is 16.3 Å². The molecule has 0 aliphatic carbocycles. The Morgan fingerprint density at radius 2 is 2.14 bits per heavy atom. The summed E-state index contributed by atoms with van der Waals surface area (Å²) in [6, 6.07) is 6.34. The summed E-state index contributed by atoms with van der Waals surface area (Å²) < 4.78 is 5.21. The summed E-state index contributed by atoms with van der Waals surface area (Å²) in [6.45, 7) is 6.69. The number of carbonyl (C=O) groups is 1.